The molecule has 0 amide bonds. The number of benzene rings is 1. The Morgan fingerprint density at radius 3 is 2.71 bits per heavy atom. The monoisotopic (exact) mass is 466 g/mol. The van der Waals surface area contributed by atoms with Gasteiger partial charge in [-0.25, -0.2) is 4.98 Å². The van der Waals surface area contributed by atoms with Crippen LogP contribution in [0.3, 0.4) is 0 Å². The van der Waals surface area contributed by atoms with Crippen molar-refractivity contribution in [1.82, 2.24) is 19.7 Å². The van der Waals surface area contributed by atoms with Crippen molar-refractivity contribution in [3.63, 3.8) is 0 Å². The molecule has 176 valence electrons. The zero-order valence-electron chi connectivity index (χ0n) is 19.5. The quantitative estimate of drug-likeness (QED) is 0.324. The van der Waals surface area contributed by atoms with Gasteiger partial charge in [-0.2, -0.15) is 9.78 Å². The molecule has 0 unspecified atom stereocenters. The number of aliphatic imine (C=N–C) groups is 1. The lowest BCUT2D eigenvalue weighted by Crippen LogP contribution is -2.24. The number of nitrogen functional groups attached to an aromatic ring is 1. The number of hydrogen-bond acceptors (Lipinski definition) is 7. The molecule has 3 heterocycles. The Bertz CT molecular complexity index is 1500. The van der Waals surface area contributed by atoms with Gasteiger partial charge in [0, 0.05) is 54.0 Å². The van der Waals surface area contributed by atoms with Crippen LogP contribution in [0.25, 0.3) is 27.8 Å². The molecule has 0 radical (unpaired) electrons. The third-order valence-corrected chi connectivity index (χ3v) is 6.52. The summed E-state index contributed by atoms with van der Waals surface area (Å²) >= 11 is 0. The number of pyridine rings is 2. The van der Waals surface area contributed by atoms with E-state index in [0.717, 1.165) is 11.3 Å². The molecule has 4 aromatic rings. The van der Waals surface area contributed by atoms with Gasteiger partial charge in [-0.05, 0) is 61.9 Å². The second-order valence-electron chi connectivity index (χ2n) is 9.31. The zero-order valence-corrected chi connectivity index (χ0v) is 19.5. The summed E-state index contributed by atoms with van der Waals surface area (Å²) in [6.45, 7) is 0.642. The number of rotatable bonds is 7. The van der Waals surface area contributed by atoms with Crippen LogP contribution in [-0.4, -0.2) is 39.6 Å². The molecule has 0 saturated heterocycles. The lowest BCUT2D eigenvalue weighted by atomic mass is 10.1. The van der Waals surface area contributed by atoms with Crippen molar-refractivity contribution < 1.29 is 4.74 Å². The average Bonchev–Trinajstić information content (AvgIpc) is 3.79. The second kappa shape index (κ2) is 8.61. The minimum absolute atomic E-state index is 0.283. The van der Waals surface area contributed by atoms with Gasteiger partial charge in [-0.15, -0.1) is 0 Å². The Morgan fingerprint density at radius 1 is 1.14 bits per heavy atom. The van der Waals surface area contributed by atoms with Crippen LogP contribution in [0, 0.1) is 5.92 Å². The van der Waals surface area contributed by atoms with Crippen molar-refractivity contribution in [2.24, 2.45) is 10.9 Å². The molecule has 6 rings (SSSR count). The van der Waals surface area contributed by atoms with Gasteiger partial charge in [0.15, 0.2) is 0 Å². The van der Waals surface area contributed by atoms with Gasteiger partial charge in [0.05, 0.1) is 17.9 Å². The number of anilines is 1. The van der Waals surface area contributed by atoms with E-state index in [-0.39, 0.29) is 5.56 Å². The van der Waals surface area contributed by atoms with E-state index in [4.69, 9.17) is 15.5 Å². The molecule has 0 bridgehead atoms. The van der Waals surface area contributed by atoms with Crippen LogP contribution in [-0.2, 0) is 0 Å². The molecule has 0 atom stereocenters. The van der Waals surface area contributed by atoms with Crippen LogP contribution in [0.1, 0.15) is 42.9 Å². The summed E-state index contributed by atoms with van der Waals surface area (Å²) in [5.74, 6) is 1.63. The van der Waals surface area contributed by atoms with Crippen LogP contribution in [0.15, 0.2) is 58.4 Å². The van der Waals surface area contributed by atoms with Crippen molar-refractivity contribution in [3.05, 3.63) is 70.3 Å². The summed E-state index contributed by atoms with van der Waals surface area (Å²) in [6.07, 6.45) is 8.15. The normalized spacial score (nSPS) is 15.7. The van der Waals surface area contributed by atoms with Crippen molar-refractivity contribution in [1.29, 1.82) is 0 Å². The molecule has 2 saturated carbocycles. The highest BCUT2D eigenvalue weighted by Gasteiger charge is 2.26. The largest absolute Gasteiger partial charge is 0.477 e. The fourth-order valence-corrected chi connectivity index (χ4v) is 4.18. The molecule has 2 fully saturated rings. The van der Waals surface area contributed by atoms with E-state index in [0.29, 0.717) is 57.9 Å². The Morgan fingerprint density at radius 2 is 2.00 bits per heavy atom. The maximum absolute atomic E-state index is 13.9. The highest BCUT2D eigenvalue weighted by Crippen LogP contribution is 2.39. The first-order valence-electron chi connectivity index (χ1n) is 12.0. The van der Waals surface area contributed by atoms with Gasteiger partial charge in [0.2, 0.25) is 5.88 Å². The SMILES string of the molecule is CN=Cc1cc(-n2nc3ccc(OCC4CC4)nc3c(-c3ccc(C4CC4)nc3)c2=O)ccc1N. The van der Waals surface area contributed by atoms with Crippen LogP contribution in [0.5, 0.6) is 5.88 Å². The highest BCUT2D eigenvalue weighted by molar-refractivity contribution is 5.91. The molecule has 2 aliphatic rings. The second-order valence-corrected chi connectivity index (χ2v) is 9.31. The van der Waals surface area contributed by atoms with Gasteiger partial charge >= 0.3 is 0 Å². The number of ether oxygens (including phenoxy) is 1. The average molecular weight is 467 g/mol. The molecular formula is C27H26N6O2. The molecule has 8 heteroatoms. The zero-order chi connectivity index (χ0) is 23.9. The number of fused-ring (bicyclic) bond motifs is 1. The standard InChI is InChI=1S/C27H26N6O2/c1-29-13-19-12-20(7-8-21(19)28)33-27(34)25(18-6-9-22(30-14-18)17-4-5-17)26-23(32-33)10-11-24(31-26)35-15-16-2-3-16/h6-14,16-17H,2-5,15,28H2,1H3. The van der Waals surface area contributed by atoms with Gasteiger partial charge < -0.3 is 10.5 Å². The van der Waals surface area contributed by atoms with E-state index < -0.39 is 0 Å². The van der Waals surface area contributed by atoms with Crippen molar-refractivity contribution in [2.75, 3.05) is 19.4 Å². The lowest BCUT2D eigenvalue weighted by Gasteiger charge is -2.13. The van der Waals surface area contributed by atoms with E-state index in [1.54, 1.807) is 37.7 Å². The van der Waals surface area contributed by atoms with Crippen LogP contribution < -0.4 is 16.0 Å². The Hall–Kier alpha value is -4.07. The Balaban J connectivity index is 1.53. The first-order chi connectivity index (χ1) is 17.1. The van der Waals surface area contributed by atoms with Crippen molar-refractivity contribution in [2.45, 2.75) is 31.6 Å². The van der Waals surface area contributed by atoms with Crippen molar-refractivity contribution in [3.8, 4) is 22.7 Å². The van der Waals surface area contributed by atoms with E-state index in [1.165, 1.54) is 30.4 Å². The summed E-state index contributed by atoms with van der Waals surface area (Å²) in [5, 5.41) is 4.65. The summed E-state index contributed by atoms with van der Waals surface area (Å²) in [7, 11) is 1.68. The maximum atomic E-state index is 13.9. The molecule has 0 aliphatic heterocycles. The number of nitrogens with zero attached hydrogens (tertiary/aromatic N) is 5. The van der Waals surface area contributed by atoms with Crippen LogP contribution in [0.2, 0.25) is 0 Å². The summed E-state index contributed by atoms with van der Waals surface area (Å²) < 4.78 is 7.30. The van der Waals surface area contributed by atoms with E-state index in [2.05, 4.69) is 15.1 Å². The third kappa shape index (κ3) is 4.27. The third-order valence-electron chi connectivity index (χ3n) is 6.52. The Labute approximate surface area is 202 Å². The van der Waals surface area contributed by atoms with Gasteiger partial charge in [-0.1, -0.05) is 6.07 Å². The first kappa shape index (κ1) is 21.5. The van der Waals surface area contributed by atoms with Gasteiger partial charge in [0.1, 0.15) is 11.0 Å². The minimum atomic E-state index is -0.283. The smallest absolute Gasteiger partial charge is 0.281 e. The molecule has 3 aromatic heterocycles. The molecule has 0 spiro atoms. The lowest BCUT2D eigenvalue weighted by molar-refractivity contribution is 0.289. The maximum Gasteiger partial charge on any atom is 0.281 e. The first-order valence-corrected chi connectivity index (χ1v) is 12.0. The molecular weight excluding hydrogens is 440 g/mol. The van der Waals surface area contributed by atoms with Crippen molar-refractivity contribution >= 4 is 22.9 Å². The van der Waals surface area contributed by atoms with E-state index in [1.807, 2.05) is 24.3 Å². The number of hydrogen-bond donors (Lipinski definition) is 1. The number of aromatic nitrogens is 4. The summed E-state index contributed by atoms with van der Waals surface area (Å²) in [5.41, 5.74) is 11.0. The van der Waals surface area contributed by atoms with E-state index in [9.17, 15) is 4.79 Å². The molecule has 8 nitrogen and oxygen atoms in total. The molecule has 2 aliphatic carbocycles. The molecule has 2 N–H and O–H groups in total. The molecule has 35 heavy (non-hydrogen) atoms. The summed E-state index contributed by atoms with van der Waals surface area (Å²) in [6, 6.07) is 13.0. The van der Waals surface area contributed by atoms with E-state index >= 15 is 0 Å². The van der Waals surface area contributed by atoms with Crippen LogP contribution >= 0.6 is 0 Å². The topological polar surface area (TPSA) is 108 Å². The van der Waals surface area contributed by atoms with Gasteiger partial charge in [-0.3, -0.25) is 14.8 Å². The fourth-order valence-electron chi connectivity index (χ4n) is 4.18. The Kier molecular flexibility index (Phi) is 5.28. The summed E-state index contributed by atoms with van der Waals surface area (Å²) in [4.78, 5) is 27.3. The fraction of sp³-hybridized carbons (Fsp3) is 0.296. The minimum Gasteiger partial charge on any atom is -0.477 e. The molecule has 1 aromatic carbocycles. The van der Waals surface area contributed by atoms with Crippen LogP contribution in [0.4, 0.5) is 5.69 Å². The predicted molar refractivity (Wildman–Crippen MR) is 136 cm³/mol. The van der Waals surface area contributed by atoms with Gasteiger partial charge in [0.25, 0.3) is 5.56 Å². The highest BCUT2D eigenvalue weighted by atomic mass is 16.5. The predicted octanol–water partition coefficient (Wildman–Crippen LogP) is 4.14. The number of nitrogens with two attached hydrogens (primary N) is 1.